The summed E-state index contributed by atoms with van der Waals surface area (Å²) in [6.45, 7) is 4.99. The Morgan fingerprint density at radius 2 is 1.76 bits per heavy atom. The van der Waals surface area contributed by atoms with E-state index in [1.807, 2.05) is 30.1 Å². The minimum absolute atomic E-state index is 0.518. The summed E-state index contributed by atoms with van der Waals surface area (Å²) in [5, 5.41) is 3.93. The van der Waals surface area contributed by atoms with Crippen LogP contribution >= 0.6 is 12.2 Å². The van der Waals surface area contributed by atoms with Crippen molar-refractivity contribution >= 4 is 23.0 Å². The molecule has 0 aliphatic carbocycles. The van der Waals surface area contributed by atoms with Gasteiger partial charge in [0.25, 0.3) is 0 Å². The number of para-hydroxylation sites is 1. The van der Waals surface area contributed by atoms with Crippen molar-refractivity contribution in [2.24, 2.45) is 0 Å². The number of methoxy groups -OCH3 is 2. The molecule has 0 amide bonds. The Balaban J connectivity index is 2.05. The summed E-state index contributed by atoms with van der Waals surface area (Å²) in [7, 11) is 5.24. The summed E-state index contributed by atoms with van der Waals surface area (Å²) >= 11 is 5.53. The van der Waals surface area contributed by atoms with Crippen molar-refractivity contribution < 1.29 is 9.47 Å². The molecule has 0 saturated heterocycles. The topological polar surface area (TPSA) is 33.7 Å². The van der Waals surface area contributed by atoms with Crippen molar-refractivity contribution in [3.63, 3.8) is 0 Å². The fraction of sp³-hybridized carbons (Fsp3) is 0.350. The molecule has 134 valence electrons. The summed E-state index contributed by atoms with van der Waals surface area (Å²) in [5.41, 5.74) is 3.31. The monoisotopic (exact) mass is 358 g/mol. The lowest BCUT2D eigenvalue weighted by Crippen LogP contribution is -2.30. The molecule has 5 heteroatoms. The van der Waals surface area contributed by atoms with Crippen LogP contribution < -0.4 is 14.8 Å². The first kappa shape index (κ1) is 19.1. The third-order valence-corrected chi connectivity index (χ3v) is 4.48. The molecule has 0 aliphatic heterocycles. The van der Waals surface area contributed by atoms with Gasteiger partial charge in [0, 0.05) is 24.8 Å². The van der Waals surface area contributed by atoms with Gasteiger partial charge in [0.2, 0.25) is 0 Å². The van der Waals surface area contributed by atoms with Crippen molar-refractivity contribution in [2.75, 3.05) is 26.6 Å². The molecule has 0 bridgehead atoms. The molecule has 4 nitrogen and oxygen atoms in total. The summed E-state index contributed by atoms with van der Waals surface area (Å²) in [6, 6.07) is 14.2. The zero-order chi connectivity index (χ0) is 18.4. The van der Waals surface area contributed by atoms with E-state index in [2.05, 4.69) is 43.4 Å². The smallest absolute Gasteiger partial charge is 0.173 e. The predicted molar refractivity (Wildman–Crippen MR) is 108 cm³/mol. The second kappa shape index (κ2) is 8.72. The van der Waals surface area contributed by atoms with E-state index in [0.29, 0.717) is 17.6 Å². The van der Waals surface area contributed by atoms with Gasteiger partial charge >= 0.3 is 0 Å². The number of anilines is 1. The number of hydrogen-bond acceptors (Lipinski definition) is 3. The number of hydrogen-bond donors (Lipinski definition) is 1. The summed E-state index contributed by atoms with van der Waals surface area (Å²) in [5.74, 6) is 1.97. The van der Waals surface area contributed by atoms with Gasteiger partial charge in [-0.1, -0.05) is 38.1 Å². The number of rotatable bonds is 6. The summed E-state index contributed by atoms with van der Waals surface area (Å²) in [6.07, 6.45) is 0. The van der Waals surface area contributed by atoms with Crippen LogP contribution in [-0.2, 0) is 6.54 Å². The normalized spacial score (nSPS) is 10.5. The van der Waals surface area contributed by atoms with Crippen molar-refractivity contribution in [1.82, 2.24) is 4.90 Å². The Morgan fingerprint density at radius 3 is 2.32 bits per heavy atom. The maximum atomic E-state index is 5.53. The van der Waals surface area contributed by atoms with Crippen LogP contribution in [0.3, 0.4) is 0 Å². The minimum atomic E-state index is 0.518. The molecule has 0 spiro atoms. The lowest BCUT2D eigenvalue weighted by atomic mass is 10.0. The number of nitrogens with one attached hydrogen (secondary N) is 1. The van der Waals surface area contributed by atoms with Gasteiger partial charge in [-0.15, -0.1) is 0 Å². The van der Waals surface area contributed by atoms with Crippen LogP contribution in [-0.4, -0.2) is 31.3 Å². The highest BCUT2D eigenvalue weighted by atomic mass is 32.1. The van der Waals surface area contributed by atoms with Crippen molar-refractivity contribution in [2.45, 2.75) is 26.3 Å². The Morgan fingerprint density at radius 1 is 1.08 bits per heavy atom. The second-order valence-electron chi connectivity index (χ2n) is 6.22. The molecule has 0 heterocycles. The molecule has 0 saturated carbocycles. The average molecular weight is 359 g/mol. The SMILES string of the molecule is COc1cccc(CN(C)C(=S)Nc2ccc(C(C)C)cc2)c1OC. The lowest BCUT2D eigenvalue weighted by Gasteiger charge is -2.23. The number of thiocarbonyl (C=S) groups is 1. The van der Waals surface area contributed by atoms with Gasteiger partial charge in [-0.3, -0.25) is 0 Å². The van der Waals surface area contributed by atoms with Gasteiger partial charge in [-0.25, -0.2) is 0 Å². The van der Waals surface area contributed by atoms with Gasteiger partial charge in [0.1, 0.15) is 0 Å². The van der Waals surface area contributed by atoms with Crippen LogP contribution in [0.1, 0.15) is 30.9 Å². The molecule has 2 rings (SSSR count). The molecule has 25 heavy (non-hydrogen) atoms. The van der Waals surface area contributed by atoms with E-state index in [9.17, 15) is 0 Å². The molecule has 0 atom stereocenters. The Hall–Kier alpha value is -2.27. The summed E-state index contributed by atoms with van der Waals surface area (Å²) < 4.78 is 10.8. The predicted octanol–water partition coefficient (Wildman–Crippen LogP) is 4.66. The first-order chi connectivity index (χ1) is 12.0. The number of ether oxygens (including phenoxy) is 2. The van der Waals surface area contributed by atoms with Crippen LogP contribution in [0.4, 0.5) is 5.69 Å². The third-order valence-electron chi connectivity index (χ3n) is 4.07. The molecule has 0 aromatic heterocycles. The van der Waals surface area contributed by atoms with Gasteiger partial charge < -0.3 is 19.7 Å². The van der Waals surface area contributed by atoms with E-state index >= 15 is 0 Å². The highest BCUT2D eigenvalue weighted by Crippen LogP contribution is 2.31. The number of benzene rings is 2. The molecule has 0 fully saturated rings. The van der Waals surface area contributed by atoms with Crippen molar-refractivity contribution in [3.05, 3.63) is 53.6 Å². The Kier molecular flexibility index (Phi) is 6.65. The second-order valence-corrected chi connectivity index (χ2v) is 6.60. The van der Waals surface area contributed by atoms with Gasteiger partial charge in [0.05, 0.1) is 14.2 Å². The zero-order valence-corrected chi connectivity index (χ0v) is 16.3. The van der Waals surface area contributed by atoms with Gasteiger partial charge in [0.15, 0.2) is 16.6 Å². The largest absolute Gasteiger partial charge is 0.493 e. The highest BCUT2D eigenvalue weighted by molar-refractivity contribution is 7.80. The maximum Gasteiger partial charge on any atom is 0.173 e. The molecule has 2 aromatic carbocycles. The van der Waals surface area contributed by atoms with Crippen LogP contribution in [0.15, 0.2) is 42.5 Å². The fourth-order valence-corrected chi connectivity index (χ4v) is 2.76. The molecule has 1 N–H and O–H groups in total. The zero-order valence-electron chi connectivity index (χ0n) is 15.5. The number of nitrogens with zero attached hydrogens (tertiary/aromatic N) is 1. The first-order valence-electron chi connectivity index (χ1n) is 8.28. The summed E-state index contributed by atoms with van der Waals surface area (Å²) in [4.78, 5) is 1.98. The van der Waals surface area contributed by atoms with Crippen molar-refractivity contribution in [3.8, 4) is 11.5 Å². The van der Waals surface area contributed by atoms with E-state index in [1.54, 1.807) is 14.2 Å². The van der Waals surface area contributed by atoms with E-state index in [4.69, 9.17) is 21.7 Å². The molecular formula is C20H26N2O2S. The standard InChI is InChI=1S/C20H26N2O2S/c1-14(2)15-9-11-17(12-10-15)21-20(25)22(3)13-16-7-6-8-18(23-4)19(16)24-5/h6-12,14H,13H2,1-5H3,(H,21,25). The third kappa shape index (κ3) is 4.86. The van der Waals surface area contributed by atoms with E-state index in [-0.39, 0.29) is 0 Å². The highest BCUT2D eigenvalue weighted by Gasteiger charge is 2.13. The van der Waals surface area contributed by atoms with Crippen LogP contribution in [0.25, 0.3) is 0 Å². The van der Waals surface area contributed by atoms with Gasteiger partial charge in [-0.2, -0.15) is 0 Å². The van der Waals surface area contributed by atoms with Gasteiger partial charge in [-0.05, 0) is 41.9 Å². The lowest BCUT2D eigenvalue weighted by molar-refractivity contribution is 0.347. The van der Waals surface area contributed by atoms with Crippen LogP contribution in [0, 0.1) is 0 Å². The first-order valence-corrected chi connectivity index (χ1v) is 8.69. The maximum absolute atomic E-state index is 5.53. The molecule has 0 radical (unpaired) electrons. The molecule has 2 aromatic rings. The fourth-order valence-electron chi connectivity index (χ4n) is 2.58. The van der Waals surface area contributed by atoms with E-state index in [0.717, 1.165) is 22.7 Å². The van der Waals surface area contributed by atoms with Crippen molar-refractivity contribution in [1.29, 1.82) is 0 Å². The average Bonchev–Trinajstić information content (AvgIpc) is 2.61. The van der Waals surface area contributed by atoms with Crippen LogP contribution in [0.5, 0.6) is 11.5 Å². The van der Waals surface area contributed by atoms with Crippen LogP contribution in [0.2, 0.25) is 0 Å². The molecule has 0 unspecified atom stereocenters. The molecule has 0 aliphatic rings. The quantitative estimate of drug-likeness (QED) is 0.760. The Labute approximate surface area is 155 Å². The Bertz CT molecular complexity index is 714. The van der Waals surface area contributed by atoms with E-state index < -0.39 is 0 Å². The van der Waals surface area contributed by atoms with E-state index in [1.165, 1.54) is 5.56 Å². The minimum Gasteiger partial charge on any atom is -0.493 e. The molecular weight excluding hydrogens is 332 g/mol.